The lowest BCUT2D eigenvalue weighted by Gasteiger charge is -2.14. The molecule has 0 unspecified atom stereocenters. The lowest BCUT2D eigenvalue weighted by atomic mass is 10.3. The highest BCUT2D eigenvalue weighted by Gasteiger charge is 2.23. The molecule has 0 fully saturated rings. The smallest absolute Gasteiger partial charge is 0.265 e. The minimum atomic E-state index is 0.0401. The van der Waals surface area contributed by atoms with E-state index in [0.717, 1.165) is 40.1 Å². The molecular formula is C25H24N3O2S2+. The van der Waals surface area contributed by atoms with Crippen molar-refractivity contribution in [1.29, 1.82) is 0 Å². The number of benzene rings is 2. The molecule has 0 atom stereocenters. The fraction of sp³-hybridized carbons (Fsp3) is 0.200. The second kappa shape index (κ2) is 8.41. The molecular weight excluding hydrogens is 438 g/mol. The van der Waals surface area contributed by atoms with E-state index in [4.69, 9.17) is 4.74 Å². The van der Waals surface area contributed by atoms with Crippen LogP contribution in [0.4, 0.5) is 5.69 Å². The van der Waals surface area contributed by atoms with E-state index < -0.39 is 0 Å². The molecule has 0 radical (unpaired) electrons. The number of thiazole rings is 2. The van der Waals surface area contributed by atoms with Gasteiger partial charge < -0.3 is 14.2 Å². The van der Waals surface area contributed by atoms with E-state index in [9.17, 15) is 4.79 Å². The molecule has 5 rings (SSSR count). The molecule has 1 aliphatic rings. The van der Waals surface area contributed by atoms with Crippen molar-refractivity contribution in [2.75, 3.05) is 11.4 Å². The zero-order chi connectivity index (χ0) is 22.2. The summed E-state index contributed by atoms with van der Waals surface area (Å²) >= 11 is 3.02. The minimum absolute atomic E-state index is 0.0401. The first-order valence-electron chi connectivity index (χ1n) is 10.7. The molecule has 0 amide bonds. The second-order valence-corrected chi connectivity index (χ2v) is 9.51. The Labute approximate surface area is 194 Å². The van der Waals surface area contributed by atoms with Crippen LogP contribution >= 0.6 is 22.7 Å². The number of allylic oxidation sites excluding steroid dienone is 1. The van der Waals surface area contributed by atoms with E-state index in [2.05, 4.69) is 53.7 Å². The van der Waals surface area contributed by atoms with Crippen LogP contribution < -0.4 is 29.0 Å². The fourth-order valence-corrected chi connectivity index (χ4v) is 6.17. The summed E-state index contributed by atoms with van der Waals surface area (Å²) in [6.07, 6.45) is 5.87. The Kier molecular flexibility index (Phi) is 5.45. The van der Waals surface area contributed by atoms with Gasteiger partial charge in [0.05, 0.1) is 11.8 Å². The third-order valence-electron chi connectivity index (χ3n) is 5.63. The van der Waals surface area contributed by atoms with Gasteiger partial charge in [0.1, 0.15) is 21.3 Å². The molecule has 0 spiro atoms. The van der Waals surface area contributed by atoms with Crippen LogP contribution in [0.5, 0.6) is 5.75 Å². The summed E-state index contributed by atoms with van der Waals surface area (Å²) in [5.74, 6) is 1.58. The molecule has 3 heterocycles. The van der Waals surface area contributed by atoms with E-state index in [1.807, 2.05) is 48.0 Å². The van der Waals surface area contributed by atoms with E-state index >= 15 is 0 Å². The van der Waals surface area contributed by atoms with Crippen molar-refractivity contribution in [2.24, 2.45) is 7.05 Å². The molecule has 32 heavy (non-hydrogen) atoms. The van der Waals surface area contributed by atoms with Crippen LogP contribution in [0, 0.1) is 0 Å². The van der Waals surface area contributed by atoms with Gasteiger partial charge >= 0.3 is 0 Å². The van der Waals surface area contributed by atoms with Crippen LogP contribution in [0.3, 0.4) is 0 Å². The van der Waals surface area contributed by atoms with Crippen molar-refractivity contribution in [2.45, 2.75) is 20.4 Å². The van der Waals surface area contributed by atoms with E-state index in [-0.39, 0.29) is 4.74 Å². The molecule has 0 bridgehead atoms. The third kappa shape index (κ3) is 3.47. The predicted octanol–water partition coefficient (Wildman–Crippen LogP) is 3.34. The first kappa shape index (κ1) is 20.7. The van der Waals surface area contributed by atoms with Gasteiger partial charge in [0.15, 0.2) is 5.75 Å². The Hall–Kier alpha value is -3.16. The van der Waals surface area contributed by atoms with Crippen molar-refractivity contribution in [3.05, 3.63) is 85.0 Å². The largest absolute Gasteiger partial charge is 0.439 e. The summed E-state index contributed by atoms with van der Waals surface area (Å²) in [6.45, 7) is 5.90. The number of rotatable bonds is 4. The van der Waals surface area contributed by atoms with Crippen LogP contribution in [-0.4, -0.2) is 11.1 Å². The molecule has 0 aliphatic carbocycles. The number of aryl methyl sites for hydroxylation is 1. The number of fused-ring (bicyclic) bond motifs is 2. The van der Waals surface area contributed by atoms with Gasteiger partial charge in [0.2, 0.25) is 11.4 Å². The van der Waals surface area contributed by atoms with Gasteiger partial charge in [0, 0.05) is 25.7 Å². The predicted molar refractivity (Wildman–Crippen MR) is 133 cm³/mol. The fourth-order valence-electron chi connectivity index (χ4n) is 4.02. The van der Waals surface area contributed by atoms with Crippen LogP contribution in [0.15, 0.2) is 65.3 Å². The Bertz CT molecular complexity index is 1520. The molecule has 0 saturated heterocycles. The zero-order valence-electron chi connectivity index (χ0n) is 18.2. The number of ether oxygens (including phenoxy) is 1. The summed E-state index contributed by atoms with van der Waals surface area (Å²) in [5.41, 5.74) is 2.27. The first-order chi connectivity index (χ1) is 15.6. The molecule has 2 aromatic heterocycles. The molecule has 5 nitrogen and oxygen atoms in total. The molecule has 2 aromatic carbocycles. The molecule has 0 N–H and O–H groups in total. The standard InChI is InChI=1S/C25H24N3O2S2/c1-4-27-17-10-6-8-12-20(17)30-22(27)15-14-19-25(29)32-23(26(19)3)16-24-28(5-2)18-11-7-9-13-21(18)31-24/h6-16H,4-5H2,1-3H3/q+1/b19-14-,22-15-. The summed E-state index contributed by atoms with van der Waals surface area (Å²) in [7, 11) is 1.94. The Balaban J connectivity index is 1.58. The van der Waals surface area contributed by atoms with Crippen LogP contribution in [-0.2, 0) is 13.6 Å². The maximum atomic E-state index is 12.8. The number of hydrogen-bond donors (Lipinski definition) is 0. The molecule has 162 valence electrons. The maximum absolute atomic E-state index is 12.8. The van der Waals surface area contributed by atoms with Gasteiger partial charge in [0.25, 0.3) is 9.75 Å². The van der Waals surface area contributed by atoms with Crippen molar-refractivity contribution >= 4 is 50.7 Å². The Morgan fingerprint density at radius 3 is 2.62 bits per heavy atom. The average molecular weight is 463 g/mol. The second-order valence-electron chi connectivity index (χ2n) is 7.45. The van der Waals surface area contributed by atoms with Crippen LogP contribution in [0.1, 0.15) is 18.9 Å². The van der Waals surface area contributed by atoms with Gasteiger partial charge in [-0.1, -0.05) is 46.9 Å². The Morgan fingerprint density at radius 2 is 1.81 bits per heavy atom. The highest BCUT2D eigenvalue weighted by Crippen LogP contribution is 2.38. The quantitative estimate of drug-likeness (QED) is 0.437. The van der Waals surface area contributed by atoms with E-state index in [0.29, 0.717) is 5.35 Å². The summed E-state index contributed by atoms with van der Waals surface area (Å²) < 4.78 is 12.5. The monoisotopic (exact) mass is 462 g/mol. The zero-order valence-corrected chi connectivity index (χ0v) is 19.9. The maximum Gasteiger partial charge on any atom is 0.265 e. The van der Waals surface area contributed by atoms with Crippen molar-refractivity contribution < 1.29 is 9.30 Å². The van der Waals surface area contributed by atoms with Gasteiger partial charge in [-0.25, -0.2) is 0 Å². The highest BCUT2D eigenvalue weighted by molar-refractivity contribution is 7.19. The Morgan fingerprint density at radius 1 is 1.03 bits per heavy atom. The van der Waals surface area contributed by atoms with Crippen molar-refractivity contribution in [3.63, 3.8) is 0 Å². The summed E-state index contributed by atoms with van der Waals surface area (Å²) in [4.78, 5) is 14.9. The number of aromatic nitrogens is 2. The highest BCUT2D eigenvalue weighted by atomic mass is 32.1. The van der Waals surface area contributed by atoms with Gasteiger partial charge in [-0.2, -0.15) is 4.57 Å². The van der Waals surface area contributed by atoms with Crippen molar-refractivity contribution in [1.82, 2.24) is 4.57 Å². The lowest BCUT2D eigenvalue weighted by molar-refractivity contribution is -0.665. The van der Waals surface area contributed by atoms with Gasteiger partial charge in [-0.05, 0) is 38.1 Å². The van der Waals surface area contributed by atoms with E-state index in [1.54, 1.807) is 11.3 Å². The molecule has 1 aliphatic heterocycles. The number of para-hydroxylation sites is 3. The minimum Gasteiger partial charge on any atom is -0.439 e. The average Bonchev–Trinajstić information content (AvgIpc) is 3.43. The van der Waals surface area contributed by atoms with E-state index in [1.165, 1.54) is 21.6 Å². The topological polar surface area (TPSA) is 38.4 Å². The summed E-state index contributed by atoms with van der Waals surface area (Å²) in [5, 5.41) is 1.79. The molecule has 7 heteroatoms. The van der Waals surface area contributed by atoms with Crippen molar-refractivity contribution in [3.8, 4) is 5.75 Å². The lowest BCUT2D eigenvalue weighted by Crippen LogP contribution is -2.35. The van der Waals surface area contributed by atoms with Crippen LogP contribution in [0.25, 0.3) is 22.4 Å². The SMILES string of the molecule is CCN1/C(=C/C=c2/c(=O)s/c(=C\c3sc4ccccc4[n+]3CC)n2C)Oc2ccccc21. The number of hydrogen-bond acceptors (Lipinski definition) is 5. The number of nitrogens with zero attached hydrogens (tertiary/aromatic N) is 3. The first-order valence-corrected chi connectivity index (χ1v) is 12.3. The van der Waals surface area contributed by atoms with Gasteiger partial charge in [-0.15, -0.1) is 0 Å². The third-order valence-corrected chi connectivity index (χ3v) is 7.74. The number of anilines is 1. The van der Waals surface area contributed by atoms with Gasteiger partial charge in [-0.3, -0.25) is 4.79 Å². The molecule has 0 saturated carbocycles. The normalized spacial score (nSPS) is 15.7. The summed E-state index contributed by atoms with van der Waals surface area (Å²) in [6, 6.07) is 16.4. The molecule has 4 aromatic rings. The van der Waals surface area contributed by atoms with Crippen LogP contribution in [0.2, 0.25) is 0 Å².